The largest absolute Gasteiger partial charge is 0.504 e. The van der Waals surface area contributed by atoms with Crippen molar-refractivity contribution in [1.82, 2.24) is 0 Å². The molecule has 2 saturated heterocycles. The summed E-state index contributed by atoms with van der Waals surface area (Å²) in [5, 5.41) is 101. The number of hydrogen-bond donors (Lipinski definition) is 10. The maximum Gasteiger partial charge on any atom is 0.235 e. The fourth-order valence-corrected chi connectivity index (χ4v) is 4.79. The van der Waals surface area contributed by atoms with Crippen LogP contribution < -0.4 is 10.2 Å². The molecule has 0 radical (unpaired) electrons. The molecule has 16 heteroatoms. The molecule has 43 heavy (non-hydrogen) atoms. The summed E-state index contributed by atoms with van der Waals surface area (Å²) in [6, 6.07) is 5.59. The highest BCUT2D eigenvalue weighted by Gasteiger charge is 2.47. The summed E-state index contributed by atoms with van der Waals surface area (Å²) in [5.41, 5.74) is -1.17. The van der Waals surface area contributed by atoms with Crippen molar-refractivity contribution in [3.05, 3.63) is 40.6 Å². The third-order valence-corrected chi connectivity index (χ3v) is 7.33. The maximum atomic E-state index is 12.8. The minimum atomic E-state index is -1.78. The molecule has 16 nitrogen and oxygen atoms in total. The minimum absolute atomic E-state index is 0.0621. The number of aliphatic hydroxyl groups excluding tert-OH is 6. The van der Waals surface area contributed by atoms with Gasteiger partial charge < -0.3 is 74.4 Å². The van der Waals surface area contributed by atoms with Crippen LogP contribution in [0, 0.1) is 0 Å². The Kier molecular flexibility index (Phi) is 8.41. The zero-order valence-electron chi connectivity index (χ0n) is 22.3. The molecule has 0 spiro atoms. The molecule has 0 amide bonds. The van der Waals surface area contributed by atoms with Crippen LogP contribution in [-0.4, -0.2) is 119 Å². The van der Waals surface area contributed by atoms with Crippen molar-refractivity contribution in [2.45, 2.75) is 68.3 Å². The minimum Gasteiger partial charge on any atom is -0.504 e. The number of rotatable bonds is 6. The van der Waals surface area contributed by atoms with Crippen molar-refractivity contribution in [2.75, 3.05) is 6.61 Å². The Morgan fingerprint density at radius 2 is 1.37 bits per heavy atom. The number of aromatic hydroxyl groups is 4. The first kappa shape index (κ1) is 30.7. The maximum absolute atomic E-state index is 12.8. The summed E-state index contributed by atoms with van der Waals surface area (Å²) in [4.78, 5) is 12.8. The van der Waals surface area contributed by atoms with E-state index in [1.54, 1.807) is 0 Å². The van der Waals surface area contributed by atoms with E-state index in [9.17, 15) is 55.9 Å². The first-order valence-corrected chi connectivity index (χ1v) is 13.0. The van der Waals surface area contributed by atoms with E-state index >= 15 is 0 Å². The molecule has 3 aromatic rings. The molecule has 0 bridgehead atoms. The van der Waals surface area contributed by atoms with Crippen LogP contribution >= 0.6 is 0 Å². The molecule has 5 rings (SSSR count). The molecular weight excluding hydrogens is 580 g/mol. The molecule has 3 heterocycles. The Labute approximate surface area is 241 Å². The molecular formula is C27H30O16. The lowest BCUT2D eigenvalue weighted by Crippen LogP contribution is -2.61. The van der Waals surface area contributed by atoms with Gasteiger partial charge in [-0.05, 0) is 31.2 Å². The van der Waals surface area contributed by atoms with Gasteiger partial charge in [-0.3, -0.25) is 4.79 Å². The van der Waals surface area contributed by atoms with Crippen molar-refractivity contribution in [1.29, 1.82) is 0 Å². The van der Waals surface area contributed by atoms with E-state index in [0.717, 1.165) is 12.1 Å². The van der Waals surface area contributed by atoms with E-state index in [4.69, 9.17) is 23.4 Å². The van der Waals surface area contributed by atoms with E-state index in [2.05, 4.69) is 0 Å². The van der Waals surface area contributed by atoms with E-state index in [1.165, 1.54) is 25.1 Å². The Bertz CT molecular complexity index is 1520. The summed E-state index contributed by atoms with van der Waals surface area (Å²) in [5.74, 6) is -3.68. The van der Waals surface area contributed by atoms with Crippen molar-refractivity contribution >= 4 is 11.0 Å². The molecule has 2 aliphatic rings. The number of benzene rings is 2. The second-order valence-electron chi connectivity index (χ2n) is 10.3. The van der Waals surface area contributed by atoms with Crippen LogP contribution in [0.25, 0.3) is 22.3 Å². The van der Waals surface area contributed by atoms with Crippen molar-refractivity contribution in [3.8, 4) is 40.1 Å². The molecule has 2 aliphatic heterocycles. The van der Waals surface area contributed by atoms with Crippen LogP contribution in [0.1, 0.15) is 6.92 Å². The van der Waals surface area contributed by atoms with Gasteiger partial charge in [0.25, 0.3) is 0 Å². The van der Waals surface area contributed by atoms with Gasteiger partial charge in [-0.2, -0.15) is 0 Å². The van der Waals surface area contributed by atoms with Gasteiger partial charge in [-0.1, -0.05) is 0 Å². The topological polar surface area (TPSA) is 269 Å². The number of hydrogen-bond acceptors (Lipinski definition) is 16. The lowest BCUT2D eigenvalue weighted by Gasteiger charge is -2.42. The quantitative estimate of drug-likeness (QED) is 0.140. The van der Waals surface area contributed by atoms with Crippen LogP contribution in [-0.2, 0) is 14.2 Å². The number of ether oxygens (including phenoxy) is 4. The first-order valence-electron chi connectivity index (χ1n) is 13.0. The number of phenols is 3. The molecule has 0 aliphatic carbocycles. The van der Waals surface area contributed by atoms with Gasteiger partial charge in [0.05, 0.1) is 18.1 Å². The number of aliphatic hydroxyl groups is 6. The summed E-state index contributed by atoms with van der Waals surface area (Å²) >= 11 is 0. The third-order valence-electron chi connectivity index (χ3n) is 7.33. The lowest BCUT2D eigenvalue weighted by atomic mass is 9.98. The van der Waals surface area contributed by atoms with E-state index < -0.39 is 102 Å². The molecule has 2 aromatic carbocycles. The average Bonchev–Trinajstić information content (AvgIpc) is 2.98. The van der Waals surface area contributed by atoms with Gasteiger partial charge in [-0.25, -0.2) is 0 Å². The van der Waals surface area contributed by atoms with Gasteiger partial charge in [0, 0.05) is 11.6 Å². The van der Waals surface area contributed by atoms with E-state index in [-0.39, 0.29) is 22.3 Å². The van der Waals surface area contributed by atoms with Crippen molar-refractivity contribution < 1.29 is 74.4 Å². The van der Waals surface area contributed by atoms with Gasteiger partial charge in [0.2, 0.25) is 17.5 Å². The highest BCUT2D eigenvalue weighted by atomic mass is 16.7. The zero-order chi connectivity index (χ0) is 31.3. The summed E-state index contributed by atoms with van der Waals surface area (Å²) in [7, 11) is 0. The van der Waals surface area contributed by atoms with Crippen molar-refractivity contribution in [3.63, 3.8) is 0 Å². The van der Waals surface area contributed by atoms with Crippen LogP contribution in [0.5, 0.6) is 28.7 Å². The van der Waals surface area contributed by atoms with Crippen LogP contribution in [0.15, 0.2) is 39.5 Å². The van der Waals surface area contributed by atoms with Crippen LogP contribution in [0.4, 0.5) is 0 Å². The molecule has 10 atom stereocenters. The summed E-state index contributed by atoms with van der Waals surface area (Å²) in [6.45, 7) is 0.935. The normalized spacial score (nSPS) is 33.0. The molecule has 5 unspecified atom stereocenters. The van der Waals surface area contributed by atoms with Gasteiger partial charge in [0.15, 0.2) is 29.3 Å². The highest BCUT2D eigenvalue weighted by molar-refractivity contribution is 5.83. The fraction of sp³-hybridized carbons (Fsp3) is 0.444. The summed E-state index contributed by atoms with van der Waals surface area (Å²) in [6.07, 6.45) is -15.1. The van der Waals surface area contributed by atoms with Gasteiger partial charge in [0.1, 0.15) is 54.1 Å². The molecule has 234 valence electrons. The lowest BCUT2D eigenvalue weighted by molar-refractivity contribution is -0.318. The summed E-state index contributed by atoms with van der Waals surface area (Å²) < 4.78 is 27.7. The smallest absolute Gasteiger partial charge is 0.235 e. The van der Waals surface area contributed by atoms with E-state index in [0.29, 0.717) is 0 Å². The Hall–Kier alpha value is -3.71. The van der Waals surface area contributed by atoms with E-state index in [1.807, 2.05) is 0 Å². The SMILES string of the molecule is C[C@@H]1OC(OCC2OC(Oc3ccc4c(=O)c(O)c(-c5cc(O)c(O)c(O)c5)oc4c3)[C@H](O)C(O)[C@@H]2O)[C@H](O)[C@H](O)C1O. The van der Waals surface area contributed by atoms with Crippen LogP contribution in [0.2, 0.25) is 0 Å². The van der Waals surface area contributed by atoms with Crippen LogP contribution in [0.3, 0.4) is 0 Å². The Morgan fingerprint density at radius 3 is 2.05 bits per heavy atom. The van der Waals surface area contributed by atoms with Gasteiger partial charge in [-0.15, -0.1) is 0 Å². The predicted octanol–water partition coefficient (Wildman–Crippen LogP) is -1.69. The molecule has 1 aromatic heterocycles. The molecule has 0 saturated carbocycles. The van der Waals surface area contributed by atoms with Crippen molar-refractivity contribution in [2.24, 2.45) is 0 Å². The average molecular weight is 611 g/mol. The Morgan fingerprint density at radius 1 is 0.744 bits per heavy atom. The number of fused-ring (bicyclic) bond motifs is 1. The monoisotopic (exact) mass is 610 g/mol. The standard InChI is InChI=1S/C27H30O16/c1-8-16(30)20(34)23(37)26(40-8)39-7-15-19(33)21(35)24(38)27(43-15)41-10-2-3-11-14(6-10)42-25(22(36)17(11)31)9-4-12(28)18(32)13(29)5-9/h2-6,8,15-16,19-21,23-24,26-30,32-38H,7H2,1H3/t8-,15?,16?,19+,20+,21?,23+,24+,26?,27?/m0/s1. The van der Waals surface area contributed by atoms with Gasteiger partial charge >= 0.3 is 0 Å². The molecule has 2 fully saturated rings. The predicted molar refractivity (Wildman–Crippen MR) is 140 cm³/mol. The Balaban J connectivity index is 1.37. The second-order valence-corrected chi connectivity index (χ2v) is 10.3. The first-order chi connectivity index (χ1) is 20.3. The number of phenolic OH excluding ortho intramolecular Hbond substituents is 3. The third kappa shape index (κ3) is 5.67. The highest BCUT2D eigenvalue weighted by Crippen LogP contribution is 2.41. The fourth-order valence-electron chi connectivity index (χ4n) is 4.79. The second kappa shape index (κ2) is 11.8. The molecule has 10 N–H and O–H groups in total. The zero-order valence-corrected chi connectivity index (χ0v) is 22.3.